The Bertz CT molecular complexity index is 747. The molecule has 0 unspecified atom stereocenters. The van der Waals surface area contributed by atoms with Crippen molar-refractivity contribution >= 4 is 39.8 Å². The number of rotatable bonds is 1. The second-order valence-corrected chi connectivity index (χ2v) is 6.93. The molecule has 0 aliphatic carbocycles. The average Bonchev–Trinajstić information content (AvgIpc) is 3.09. The van der Waals surface area contributed by atoms with E-state index in [2.05, 4.69) is 32.5 Å². The van der Waals surface area contributed by atoms with Gasteiger partial charge in [0.1, 0.15) is 20.6 Å². The van der Waals surface area contributed by atoms with E-state index in [1.807, 2.05) is 10.6 Å². The van der Waals surface area contributed by atoms with Gasteiger partial charge in [0.15, 0.2) is 5.82 Å². The number of carbonyl (C=O) groups excluding carboxylic acids is 1. The highest BCUT2D eigenvalue weighted by Crippen LogP contribution is 2.52. The van der Waals surface area contributed by atoms with Gasteiger partial charge in [-0.3, -0.25) is 9.20 Å². The third-order valence-corrected chi connectivity index (χ3v) is 5.66. The van der Waals surface area contributed by atoms with Crippen LogP contribution in [0.3, 0.4) is 0 Å². The highest BCUT2D eigenvalue weighted by Gasteiger charge is 2.56. The van der Waals surface area contributed by atoms with Crippen LogP contribution in [-0.2, 0) is 10.3 Å². The number of imidazole rings is 1. The summed E-state index contributed by atoms with van der Waals surface area (Å²) in [6.45, 7) is 1.66. The third kappa shape index (κ3) is 1.60. The number of amides is 1. The lowest BCUT2D eigenvalue weighted by atomic mass is 9.87. The molecule has 6 nitrogen and oxygen atoms in total. The Morgan fingerprint density at radius 3 is 2.86 bits per heavy atom. The first-order chi connectivity index (χ1) is 10.0. The van der Waals surface area contributed by atoms with Gasteiger partial charge in [0.05, 0.1) is 0 Å². The van der Waals surface area contributed by atoms with Crippen molar-refractivity contribution in [2.75, 3.05) is 5.73 Å². The summed E-state index contributed by atoms with van der Waals surface area (Å²) in [5.74, 6) is 1.56. The van der Waals surface area contributed by atoms with E-state index in [0.717, 1.165) is 40.7 Å². The zero-order chi connectivity index (χ0) is 14.8. The van der Waals surface area contributed by atoms with E-state index in [9.17, 15) is 4.79 Å². The monoisotopic (exact) mass is 397 g/mol. The van der Waals surface area contributed by atoms with E-state index < -0.39 is 0 Å². The van der Waals surface area contributed by atoms with E-state index in [0.29, 0.717) is 11.9 Å². The third-order valence-electron chi connectivity index (χ3n) is 4.90. The molecular formula is C14H16IN5O. The van der Waals surface area contributed by atoms with Crippen molar-refractivity contribution in [3.05, 3.63) is 21.9 Å². The molecule has 2 aliphatic rings. The van der Waals surface area contributed by atoms with Crippen molar-refractivity contribution in [2.45, 2.75) is 44.2 Å². The molecule has 2 saturated heterocycles. The van der Waals surface area contributed by atoms with Gasteiger partial charge in [-0.1, -0.05) is 0 Å². The fraction of sp³-hybridized carbons (Fsp3) is 0.500. The predicted octanol–water partition coefficient (Wildman–Crippen LogP) is 1.92. The zero-order valence-corrected chi connectivity index (χ0v) is 13.9. The number of hydrogen-bond donors (Lipinski definition) is 1. The minimum Gasteiger partial charge on any atom is -0.382 e. The first-order valence-electron chi connectivity index (χ1n) is 7.13. The number of hydrogen-bond acceptors (Lipinski definition) is 4. The molecule has 1 amide bonds. The molecule has 2 N–H and O–H groups in total. The van der Waals surface area contributed by atoms with Gasteiger partial charge in [-0.2, -0.15) is 0 Å². The summed E-state index contributed by atoms with van der Waals surface area (Å²) in [4.78, 5) is 23.1. The maximum Gasteiger partial charge on any atom is 0.220 e. The lowest BCUT2D eigenvalue weighted by Crippen LogP contribution is -2.43. The maximum atomic E-state index is 12.1. The van der Waals surface area contributed by atoms with Crippen LogP contribution >= 0.6 is 22.6 Å². The molecule has 0 saturated carbocycles. The number of aromatic nitrogens is 3. The molecule has 4 heterocycles. The highest BCUT2D eigenvalue weighted by atomic mass is 127. The van der Waals surface area contributed by atoms with Crippen LogP contribution in [0.15, 0.2) is 12.4 Å². The van der Waals surface area contributed by atoms with E-state index >= 15 is 0 Å². The normalized spacial score (nSPS) is 27.7. The van der Waals surface area contributed by atoms with E-state index in [1.54, 1.807) is 13.1 Å². The Kier molecular flexibility index (Phi) is 2.73. The number of anilines is 1. The van der Waals surface area contributed by atoms with Gasteiger partial charge < -0.3 is 10.6 Å². The molecule has 110 valence electrons. The minimum atomic E-state index is -0.267. The Balaban J connectivity index is 1.98. The van der Waals surface area contributed by atoms with Crippen molar-refractivity contribution < 1.29 is 4.79 Å². The summed E-state index contributed by atoms with van der Waals surface area (Å²) in [6, 6.07) is 0.367. The summed E-state index contributed by atoms with van der Waals surface area (Å²) in [5, 5.41) is 0. The quantitative estimate of drug-likeness (QED) is 0.747. The van der Waals surface area contributed by atoms with Gasteiger partial charge in [0.2, 0.25) is 5.91 Å². The Morgan fingerprint density at radius 1 is 1.48 bits per heavy atom. The van der Waals surface area contributed by atoms with Gasteiger partial charge >= 0.3 is 0 Å². The Hall–Kier alpha value is -1.38. The Labute approximate surface area is 135 Å². The van der Waals surface area contributed by atoms with E-state index in [4.69, 9.17) is 10.7 Å². The van der Waals surface area contributed by atoms with Crippen LogP contribution in [0.25, 0.3) is 5.52 Å². The number of halogens is 1. The van der Waals surface area contributed by atoms with Crippen LogP contribution in [0.5, 0.6) is 0 Å². The van der Waals surface area contributed by atoms with Gasteiger partial charge in [0.25, 0.3) is 0 Å². The lowest BCUT2D eigenvalue weighted by molar-refractivity contribution is -0.133. The maximum absolute atomic E-state index is 12.1. The van der Waals surface area contributed by atoms with Crippen molar-refractivity contribution in [1.29, 1.82) is 0 Å². The summed E-state index contributed by atoms with van der Waals surface area (Å²) in [6.07, 6.45) is 7.68. The topological polar surface area (TPSA) is 76.5 Å². The summed E-state index contributed by atoms with van der Waals surface area (Å²) in [5.41, 5.74) is 6.58. The second-order valence-electron chi connectivity index (χ2n) is 5.91. The average molecular weight is 397 g/mol. The standard InChI is InChI=1S/C14H16IN5O/c1-8(21)20-9-2-4-14(20,5-3-9)13-18-11(15)10-12(16)17-6-7-19(10)13/h6-7,9H,2-5H2,1H3,(H2,16,17). The van der Waals surface area contributed by atoms with Gasteiger partial charge in [-0.05, 0) is 48.3 Å². The molecule has 0 spiro atoms. The molecule has 4 rings (SSSR count). The van der Waals surface area contributed by atoms with Crippen molar-refractivity contribution in [3.8, 4) is 0 Å². The van der Waals surface area contributed by atoms with Crippen LogP contribution in [0, 0.1) is 3.70 Å². The van der Waals surface area contributed by atoms with Crippen LogP contribution in [0.4, 0.5) is 5.82 Å². The van der Waals surface area contributed by atoms with Crippen LogP contribution in [0.1, 0.15) is 38.4 Å². The molecule has 2 aromatic rings. The van der Waals surface area contributed by atoms with Gasteiger partial charge in [-0.25, -0.2) is 9.97 Å². The summed E-state index contributed by atoms with van der Waals surface area (Å²) in [7, 11) is 0. The molecule has 0 aromatic carbocycles. The SMILES string of the molecule is CC(=O)N1C2CCC1(c1nc(I)c3c(N)nccn13)CC2. The smallest absolute Gasteiger partial charge is 0.220 e. The fourth-order valence-electron chi connectivity index (χ4n) is 4.17. The van der Waals surface area contributed by atoms with Crippen molar-refractivity contribution in [2.24, 2.45) is 0 Å². The Morgan fingerprint density at radius 2 is 2.19 bits per heavy atom. The number of nitrogens with two attached hydrogens (primary N) is 1. The first-order valence-corrected chi connectivity index (χ1v) is 8.21. The van der Waals surface area contributed by atoms with Gasteiger partial charge in [-0.15, -0.1) is 0 Å². The van der Waals surface area contributed by atoms with Gasteiger partial charge in [0, 0.05) is 25.4 Å². The zero-order valence-electron chi connectivity index (χ0n) is 11.7. The second kappa shape index (κ2) is 4.31. The molecular weight excluding hydrogens is 381 g/mol. The molecule has 0 atom stereocenters. The fourth-order valence-corrected chi connectivity index (χ4v) is 4.93. The highest BCUT2D eigenvalue weighted by molar-refractivity contribution is 14.1. The van der Waals surface area contributed by atoms with Crippen LogP contribution in [0.2, 0.25) is 0 Å². The number of fused-ring (bicyclic) bond motifs is 3. The minimum absolute atomic E-state index is 0.142. The number of carbonyl (C=O) groups is 1. The molecule has 2 aliphatic heterocycles. The van der Waals surface area contributed by atoms with Crippen molar-refractivity contribution in [1.82, 2.24) is 19.3 Å². The van der Waals surface area contributed by atoms with Crippen LogP contribution in [-0.4, -0.2) is 31.2 Å². The molecule has 2 aromatic heterocycles. The summed E-state index contributed by atoms with van der Waals surface area (Å²) < 4.78 is 2.87. The molecule has 2 bridgehead atoms. The largest absolute Gasteiger partial charge is 0.382 e. The first kappa shape index (κ1) is 13.3. The lowest BCUT2D eigenvalue weighted by Gasteiger charge is -2.33. The molecule has 21 heavy (non-hydrogen) atoms. The van der Waals surface area contributed by atoms with E-state index in [1.165, 1.54) is 0 Å². The molecule has 0 radical (unpaired) electrons. The predicted molar refractivity (Wildman–Crippen MR) is 86.6 cm³/mol. The molecule has 2 fully saturated rings. The number of nitrogen functional groups attached to an aromatic ring is 1. The van der Waals surface area contributed by atoms with E-state index in [-0.39, 0.29) is 11.4 Å². The molecule has 7 heteroatoms. The summed E-state index contributed by atoms with van der Waals surface area (Å²) >= 11 is 2.20. The number of nitrogens with zero attached hydrogens (tertiary/aromatic N) is 4. The van der Waals surface area contributed by atoms with Crippen LogP contribution < -0.4 is 5.73 Å². The van der Waals surface area contributed by atoms with Crippen molar-refractivity contribution in [3.63, 3.8) is 0 Å².